The lowest BCUT2D eigenvalue weighted by Crippen LogP contribution is -2.41. The summed E-state index contributed by atoms with van der Waals surface area (Å²) in [4.78, 5) is 13.3. The fraction of sp³-hybridized carbons (Fsp3) is 0.545. The fourth-order valence-corrected chi connectivity index (χ4v) is 20.9. The molecule has 0 bridgehead atoms. The number of alkyl halides is 6. The molecule has 113 heavy (non-hydrogen) atoms. The molecule has 1 saturated heterocycles. The fourth-order valence-electron chi connectivity index (χ4n) is 13.5. The van der Waals surface area contributed by atoms with Crippen molar-refractivity contribution in [3.63, 3.8) is 0 Å². The molecule has 0 aliphatic carbocycles. The van der Waals surface area contributed by atoms with Gasteiger partial charge < -0.3 is 17.7 Å². The average molecular weight is 1830 g/mol. The van der Waals surface area contributed by atoms with E-state index in [2.05, 4.69) is 187 Å². The molecular weight excluding hydrogens is 1710 g/mol. The van der Waals surface area contributed by atoms with Crippen molar-refractivity contribution < 1.29 is 65.6 Å². The first-order chi connectivity index (χ1) is 53.4. The topological polar surface area (TPSA) is 105 Å². The Balaban J connectivity index is 0.000000284. The normalized spacial score (nSPS) is 13.7. The second-order valence-electron chi connectivity index (χ2n) is 30.6. The Morgan fingerprint density at radius 1 is 0.345 bits per heavy atom. The number of benzene rings is 4. The quantitative estimate of drug-likeness (QED) is 0.0122. The van der Waals surface area contributed by atoms with Gasteiger partial charge in [0, 0.05) is 70.9 Å². The second kappa shape index (κ2) is 46.4. The highest BCUT2D eigenvalue weighted by Crippen LogP contribution is 2.48. The molecule has 0 N–H and O–H groups in total. The van der Waals surface area contributed by atoms with Gasteiger partial charge in [0.15, 0.2) is 11.5 Å². The van der Waals surface area contributed by atoms with E-state index in [1.807, 2.05) is 56.7 Å². The third-order valence-corrected chi connectivity index (χ3v) is 29.8. The summed E-state index contributed by atoms with van der Waals surface area (Å²) < 4.78 is 140. The number of aryl methyl sites for hydroxylation is 5. The molecule has 0 radical (unpaired) electrons. The summed E-state index contributed by atoms with van der Waals surface area (Å²) in [6.07, 6.45) is 46.6. The van der Waals surface area contributed by atoms with Crippen molar-refractivity contribution in [3.05, 3.63) is 143 Å². The molecule has 8 nitrogen and oxygen atoms in total. The summed E-state index contributed by atoms with van der Waals surface area (Å²) in [6, 6.07) is 37.8. The Labute approximate surface area is 706 Å². The zero-order chi connectivity index (χ0) is 81.1. The van der Waals surface area contributed by atoms with Crippen LogP contribution in [0.3, 0.4) is 0 Å². The molecule has 624 valence electrons. The number of thiophene rings is 5. The molecular formula is C88H116BBr2F7O8S7. The summed E-state index contributed by atoms with van der Waals surface area (Å²) >= 11 is 15.6. The summed E-state index contributed by atoms with van der Waals surface area (Å²) in [5.41, 5.74) is -6.30. The van der Waals surface area contributed by atoms with Crippen LogP contribution in [0.2, 0.25) is 0 Å². The SMILES string of the molecule is CCCCCCCCc1ccc(-c2cc3cc(-c4ccc(CCCCCCCC)s4)c(-c4ccc(CCCCCCCC)s4)cc3cc2-c2ccc(CCCCCCCC)s2)s1.CCCCCCCCc1ccc(B2OC(C)(C)C(C)(C)O2)s1.F.O=S(=O)(Oc1cc2cc(OS(=O)(=O)C(F)(F)F)c(Br)cc2cc1Br)C(F)(F)F. The maximum absolute atomic E-state index is 12.5. The van der Waals surface area contributed by atoms with Crippen molar-refractivity contribution in [1.82, 2.24) is 0 Å². The molecule has 0 unspecified atom stereocenters. The second-order valence-corrected chi connectivity index (χ2v) is 41.2. The standard InChI is InChI=1S/C58H80S4.C18H31BO2S.C12H4Br2F6O6S2.FH/c1-5-9-13-17-21-25-29-47-33-37-55(59-47)51-41-45-43-53(57-39-35-49(61-57)31-27-23-19-15-11-7-3)54(58-40-36-50(62-58)32-28-24-20-16-12-8-4)44-46(45)42-52(51)56-38-34-48(60-56)30-26-22-18-14-10-6-2;1-6-7-8-9-10-11-12-15-13-14-16(22-15)19-20-17(2,3)18(4,5)21-19;13-7-1-5-2-8(14)10(26-28(23,24)12(18,19)20)4-6(5)3-9(7)25-27(21,22)11(15,16)17;/h33-44H,5-32H2,1-4H3;13-14H,6-12H2,1-5H3;1-4H;1H. The van der Waals surface area contributed by atoms with E-state index in [1.165, 1.54) is 287 Å². The lowest BCUT2D eigenvalue weighted by Gasteiger charge is -2.32. The van der Waals surface area contributed by atoms with Gasteiger partial charge >= 0.3 is 38.4 Å². The van der Waals surface area contributed by atoms with Crippen LogP contribution in [0.25, 0.3) is 63.3 Å². The maximum Gasteiger partial charge on any atom is 0.534 e. The molecule has 1 aliphatic rings. The first kappa shape index (κ1) is 96.0. The van der Waals surface area contributed by atoms with Crippen molar-refractivity contribution in [2.45, 2.75) is 309 Å². The van der Waals surface area contributed by atoms with Crippen molar-refractivity contribution >= 4 is 142 Å². The van der Waals surface area contributed by atoms with Gasteiger partial charge in [-0.25, -0.2) is 0 Å². The summed E-state index contributed by atoms with van der Waals surface area (Å²) in [6.45, 7) is 20.0. The molecule has 6 heterocycles. The van der Waals surface area contributed by atoms with E-state index in [4.69, 9.17) is 9.31 Å². The third-order valence-electron chi connectivity index (χ3n) is 20.8. The molecule has 0 spiro atoms. The lowest BCUT2D eigenvalue weighted by molar-refractivity contribution is -0.0504. The molecule has 0 amide bonds. The zero-order valence-corrected chi connectivity index (χ0v) is 76.2. The molecule has 9 aromatic rings. The van der Waals surface area contributed by atoms with E-state index < -0.39 is 42.8 Å². The largest absolute Gasteiger partial charge is 0.534 e. The van der Waals surface area contributed by atoms with Gasteiger partial charge in [-0.3, -0.25) is 4.70 Å². The van der Waals surface area contributed by atoms with Crippen LogP contribution in [-0.4, -0.2) is 46.2 Å². The molecule has 1 fully saturated rings. The van der Waals surface area contributed by atoms with E-state index in [1.54, 1.807) is 19.5 Å². The Bertz CT molecular complexity index is 4200. The number of hydrogen-bond donors (Lipinski definition) is 0. The third kappa shape index (κ3) is 29.1. The van der Waals surface area contributed by atoms with E-state index in [-0.39, 0.29) is 42.7 Å². The van der Waals surface area contributed by atoms with Crippen LogP contribution in [0, 0.1) is 0 Å². The van der Waals surface area contributed by atoms with Gasteiger partial charge in [-0.1, -0.05) is 201 Å². The summed E-state index contributed by atoms with van der Waals surface area (Å²) in [5, 5.41) is 2.73. The van der Waals surface area contributed by atoms with Gasteiger partial charge in [0.2, 0.25) is 0 Å². The van der Waals surface area contributed by atoms with E-state index in [0.29, 0.717) is 0 Å². The van der Waals surface area contributed by atoms with Crippen LogP contribution in [0.15, 0.2) is 118 Å². The lowest BCUT2D eigenvalue weighted by atomic mass is 9.88. The molecule has 25 heteroatoms. The summed E-state index contributed by atoms with van der Waals surface area (Å²) in [5.74, 6) is -1.67. The van der Waals surface area contributed by atoms with Crippen LogP contribution >= 0.6 is 88.5 Å². The molecule has 10 rings (SSSR count). The number of unbranched alkanes of at least 4 members (excludes halogenated alkanes) is 25. The molecule has 4 aromatic carbocycles. The van der Waals surface area contributed by atoms with Crippen LogP contribution < -0.4 is 13.1 Å². The van der Waals surface area contributed by atoms with Gasteiger partial charge in [0.1, 0.15) is 0 Å². The van der Waals surface area contributed by atoms with Crippen molar-refractivity contribution in [1.29, 1.82) is 0 Å². The van der Waals surface area contributed by atoms with Crippen molar-refractivity contribution in [2.24, 2.45) is 0 Å². The Morgan fingerprint density at radius 2 is 0.575 bits per heavy atom. The van der Waals surface area contributed by atoms with Gasteiger partial charge in [-0.15, -0.1) is 56.7 Å². The minimum Gasteiger partial charge on any atom is -0.399 e. The Hall–Kier alpha value is -4.15. The van der Waals surface area contributed by atoms with Crippen molar-refractivity contribution in [2.75, 3.05) is 0 Å². The van der Waals surface area contributed by atoms with Gasteiger partial charge in [-0.2, -0.15) is 43.2 Å². The highest BCUT2D eigenvalue weighted by Gasteiger charge is 2.53. The summed E-state index contributed by atoms with van der Waals surface area (Å²) in [7, 11) is -12.2. The number of fused-ring (bicyclic) bond motifs is 2. The molecule has 5 aromatic heterocycles. The van der Waals surface area contributed by atoms with Gasteiger partial charge in [-0.05, 0) is 248 Å². The monoisotopic (exact) mass is 1830 g/mol. The van der Waals surface area contributed by atoms with E-state index >= 15 is 0 Å². The van der Waals surface area contributed by atoms with Gasteiger partial charge in [0.25, 0.3) is 0 Å². The minimum atomic E-state index is -6.02. The van der Waals surface area contributed by atoms with Crippen LogP contribution in [-0.2, 0) is 61.6 Å². The zero-order valence-electron chi connectivity index (χ0n) is 67.3. The van der Waals surface area contributed by atoms with Crippen LogP contribution in [0.4, 0.5) is 31.0 Å². The van der Waals surface area contributed by atoms with Crippen LogP contribution in [0.1, 0.15) is 279 Å². The maximum atomic E-state index is 12.5. The number of rotatable bonds is 44. The Kier molecular flexibility index (Phi) is 39.4. The highest BCUT2D eigenvalue weighted by molar-refractivity contribution is 9.11. The Morgan fingerprint density at radius 3 is 0.841 bits per heavy atom. The van der Waals surface area contributed by atoms with Gasteiger partial charge in [0.05, 0.1) is 20.1 Å². The smallest absolute Gasteiger partial charge is 0.399 e. The highest BCUT2D eigenvalue weighted by atomic mass is 79.9. The molecule has 0 saturated carbocycles. The average Bonchev–Trinajstić information content (AvgIpc) is 1.75. The first-order valence-electron chi connectivity index (χ1n) is 40.8. The predicted molar refractivity (Wildman–Crippen MR) is 476 cm³/mol. The number of hydrogen-bond acceptors (Lipinski definition) is 13. The van der Waals surface area contributed by atoms with E-state index in [9.17, 15) is 43.2 Å². The molecule has 0 atom stereocenters. The predicted octanol–water partition coefficient (Wildman–Crippen LogP) is 31.3. The minimum absolute atomic E-state index is 0. The van der Waals surface area contributed by atoms with Crippen molar-refractivity contribution in [3.8, 4) is 53.3 Å². The first-order valence-corrected chi connectivity index (χ1v) is 49.2. The van der Waals surface area contributed by atoms with E-state index in [0.717, 1.165) is 24.3 Å². The van der Waals surface area contributed by atoms with Crippen LogP contribution in [0.5, 0.6) is 11.5 Å². The number of halogens is 9. The molecule has 1 aliphatic heterocycles.